The average molecular weight is 305 g/mol. The molecule has 2 fully saturated rings. The van der Waals surface area contributed by atoms with Gasteiger partial charge in [0.2, 0.25) is 5.91 Å². The van der Waals surface area contributed by atoms with Crippen LogP contribution in [-0.4, -0.2) is 25.0 Å². The molecule has 3 N–H and O–H groups in total. The quantitative estimate of drug-likeness (QED) is 0.903. The number of nitrogens with zero attached hydrogens (tertiary/aromatic N) is 1. The fourth-order valence-electron chi connectivity index (χ4n) is 3.55. The summed E-state index contributed by atoms with van der Waals surface area (Å²) >= 11 is 0. The van der Waals surface area contributed by atoms with E-state index in [-0.39, 0.29) is 23.7 Å². The molecule has 1 heterocycles. The van der Waals surface area contributed by atoms with Crippen LogP contribution in [0.4, 0.5) is 15.8 Å². The molecule has 0 spiro atoms. The maximum Gasteiger partial charge on any atom is 0.227 e. The van der Waals surface area contributed by atoms with Crippen molar-refractivity contribution in [1.29, 1.82) is 0 Å². The number of nitrogens with two attached hydrogens (primary N) is 1. The molecule has 1 saturated carbocycles. The van der Waals surface area contributed by atoms with Crippen LogP contribution in [0.1, 0.15) is 38.5 Å². The van der Waals surface area contributed by atoms with Crippen molar-refractivity contribution in [3.8, 4) is 0 Å². The number of carbonyl (C=O) groups excluding carboxylic acids is 1. The van der Waals surface area contributed by atoms with Gasteiger partial charge in [-0.2, -0.15) is 0 Å². The number of nitrogens with one attached hydrogen (secondary N) is 1. The summed E-state index contributed by atoms with van der Waals surface area (Å²) < 4.78 is 14.2. The van der Waals surface area contributed by atoms with Crippen molar-refractivity contribution in [2.24, 2.45) is 11.7 Å². The molecular formula is C17H24FN3O. The van der Waals surface area contributed by atoms with Gasteiger partial charge in [-0.15, -0.1) is 0 Å². The molecule has 2 aliphatic rings. The summed E-state index contributed by atoms with van der Waals surface area (Å²) in [6.45, 7) is 1.83. The number of para-hydroxylation sites is 1. The van der Waals surface area contributed by atoms with Gasteiger partial charge in [0.15, 0.2) is 0 Å². The fourth-order valence-corrected chi connectivity index (χ4v) is 3.55. The summed E-state index contributed by atoms with van der Waals surface area (Å²) in [7, 11) is 0. The molecule has 0 bridgehead atoms. The van der Waals surface area contributed by atoms with Crippen molar-refractivity contribution in [3.63, 3.8) is 0 Å². The Morgan fingerprint density at radius 1 is 1.23 bits per heavy atom. The molecule has 1 aliphatic carbocycles. The first-order chi connectivity index (χ1) is 10.6. The van der Waals surface area contributed by atoms with E-state index in [1.54, 1.807) is 6.07 Å². The van der Waals surface area contributed by atoms with Crippen LogP contribution in [-0.2, 0) is 4.79 Å². The van der Waals surface area contributed by atoms with E-state index in [2.05, 4.69) is 10.2 Å². The number of halogens is 1. The van der Waals surface area contributed by atoms with Gasteiger partial charge in [-0.25, -0.2) is 4.39 Å². The first-order valence-electron chi connectivity index (χ1n) is 8.25. The molecule has 0 radical (unpaired) electrons. The lowest BCUT2D eigenvalue weighted by atomic mass is 9.85. The first-order valence-corrected chi connectivity index (χ1v) is 8.25. The minimum atomic E-state index is -0.363. The zero-order chi connectivity index (χ0) is 15.5. The van der Waals surface area contributed by atoms with Crippen LogP contribution in [0.3, 0.4) is 0 Å². The van der Waals surface area contributed by atoms with E-state index in [1.807, 2.05) is 6.07 Å². The molecule has 22 heavy (non-hydrogen) atoms. The molecule has 0 aromatic heterocycles. The molecule has 1 aliphatic heterocycles. The molecule has 120 valence electrons. The number of hydrogen-bond donors (Lipinski definition) is 2. The maximum absolute atomic E-state index is 14.2. The molecule has 2 atom stereocenters. The van der Waals surface area contributed by atoms with E-state index >= 15 is 0 Å². The van der Waals surface area contributed by atoms with Gasteiger partial charge in [-0.3, -0.25) is 4.79 Å². The Morgan fingerprint density at radius 3 is 2.73 bits per heavy atom. The molecule has 1 saturated heterocycles. The van der Waals surface area contributed by atoms with Crippen LogP contribution >= 0.6 is 0 Å². The highest BCUT2D eigenvalue weighted by Crippen LogP contribution is 2.32. The van der Waals surface area contributed by atoms with Crippen LogP contribution in [0.2, 0.25) is 0 Å². The third-order valence-corrected chi connectivity index (χ3v) is 4.77. The van der Waals surface area contributed by atoms with Crippen molar-refractivity contribution in [2.45, 2.75) is 44.6 Å². The van der Waals surface area contributed by atoms with Crippen molar-refractivity contribution in [2.75, 3.05) is 23.3 Å². The average Bonchev–Trinajstić information content (AvgIpc) is 3.03. The summed E-state index contributed by atoms with van der Waals surface area (Å²) in [5, 5.41) is 2.83. The minimum Gasteiger partial charge on any atom is -0.370 e. The summed E-state index contributed by atoms with van der Waals surface area (Å²) in [4.78, 5) is 14.6. The van der Waals surface area contributed by atoms with Crippen molar-refractivity contribution in [1.82, 2.24) is 0 Å². The Bertz CT molecular complexity index is 543. The highest BCUT2D eigenvalue weighted by Gasteiger charge is 2.27. The minimum absolute atomic E-state index is 0.0863. The van der Waals surface area contributed by atoms with Crippen LogP contribution in [0.15, 0.2) is 18.2 Å². The second-order valence-corrected chi connectivity index (χ2v) is 6.44. The number of benzene rings is 1. The Hall–Kier alpha value is -1.62. The zero-order valence-electron chi connectivity index (χ0n) is 12.9. The molecule has 3 rings (SSSR count). The molecule has 1 aromatic rings. The first kappa shape index (κ1) is 15.3. The predicted molar refractivity (Wildman–Crippen MR) is 86.4 cm³/mol. The maximum atomic E-state index is 14.2. The topological polar surface area (TPSA) is 58.4 Å². The lowest BCUT2D eigenvalue weighted by Gasteiger charge is -2.27. The highest BCUT2D eigenvalue weighted by molar-refractivity contribution is 5.96. The second kappa shape index (κ2) is 6.65. The Kier molecular flexibility index (Phi) is 4.62. The van der Waals surface area contributed by atoms with Gasteiger partial charge in [0.1, 0.15) is 11.5 Å². The molecule has 2 unspecified atom stereocenters. The summed E-state index contributed by atoms with van der Waals surface area (Å²) in [5.74, 6) is -0.562. The lowest BCUT2D eigenvalue weighted by Crippen LogP contribution is -2.34. The number of hydrogen-bond acceptors (Lipinski definition) is 3. The number of amides is 1. The molecule has 1 aromatic carbocycles. The van der Waals surface area contributed by atoms with E-state index in [9.17, 15) is 9.18 Å². The number of carbonyl (C=O) groups is 1. The monoisotopic (exact) mass is 305 g/mol. The zero-order valence-corrected chi connectivity index (χ0v) is 12.9. The highest BCUT2D eigenvalue weighted by atomic mass is 19.1. The molecule has 1 amide bonds. The Labute approximate surface area is 130 Å². The van der Waals surface area contributed by atoms with Gasteiger partial charge in [-0.05, 0) is 44.2 Å². The van der Waals surface area contributed by atoms with Crippen LogP contribution in [0.5, 0.6) is 0 Å². The van der Waals surface area contributed by atoms with Crippen molar-refractivity contribution < 1.29 is 9.18 Å². The second-order valence-electron chi connectivity index (χ2n) is 6.44. The van der Waals surface area contributed by atoms with E-state index in [4.69, 9.17) is 5.73 Å². The van der Waals surface area contributed by atoms with Crippen LogP contribution < -0.4 is 16.0 Å². The van der Waals surface area contributed by atoms with E-state index in [1.165, 1.54) is 6.07 Å². The van der Waals surface area contributed by atoms with E-state index in [0.717, 1.165) is 50.9 Å². The third-order valence-electron chi connectivity index (χ3n) is 4.77. The van der Waals surface area contributed by atoms with Crippen LogP contribution in [0.25, 0.3) is 0 Å². The van der Waals surface area contributed by atoms with Gasteiger partial charge >= 0.3 is 0 Å². The van der Waals surface area contributed by atoms with Gasteiger partial charge in [-0.1, -0.05) is 12.5 Å². The fraction of sp³-hybridized carbons (Fsp3) is 0.588. The number of anilines is 2. The predicted octanol–water partition coefficient (Wildman–Crippen LogP) is 2.88. The van der Waals surface area contributed by atoms with Gasteiger partial charge < -0.3 is 16.0 Å². The lowest BCUT2D eigenvalue weighted by molar-refractivity contribution is -0.120. The van der Waals surface area contributed by atoms with Crippen LogP contribution in [0, 0.1) is 11.7 Å². The summed E-state index contributed by atoms with van der Waals surface area (Å²) in [6, 6.07) is 5.08. The Morgan fingerprint density at radius 2 is 2.00 bits per heavy atom. The van der Waals surface area contributed by atoms with E-state index in [0.29, 0.717) is 12.1 Å². The largest absolute Gasteiger partial charge is 0.370 e. The smallest absolute Gasteiger partial charge is 0.227 e. The number of rotatable bonds is 3. The van der Waals surface area contributed by atoms with Gasteiger partial charge in [0.05, 0.1) is 5.69 Å². The molecule has 4 nitrogen and oxygen atoms in total. The van der Waals surface area contributed by atoms with Gasteiger partial charge in [0.25, 0.3) is 0 Å². The van der Waals surface area contributed by atoms with Gasteiger partial charge in [0, 0.05) is 25.0 Å². The van der Waals surface area contributed by atoms with E-state index < -0.39 is 0 Å². The molecule has 5 heteroatoms. The summed E-state index contributed by atoms with van der Waals surface area (Å²) in [5.41, 5.74) is 7.08. The summed E-state index contributed by atoms with van der Waals surface area (Å²) in [6.07, 6.45) is 5.70. The Balaban J connectivity index is 1.77. The van der Waals surface area contributed by atoms with Crippen molar-refractivity contribution in [3.05, 3.63) is 24.0 Å². The molecular weight excluding hydrogens is 281 g/mol. The van der Waals surface area contributed by atoms with Crippen molar-refractivity contribution >= 4 is 17.3 Å². The normalized spacial score (nSPS) is 25.3. The third kappa shape index (κ3) is 3.24. The standard InChI is InChI=1S/C17H24FN3O/c18-14-7-4-8-15(21-9-1-2-10-21)16(14)20-17(22)12-5-3-6-13(19)11-12/h4,7-8,12-13H,1-3,5-6,9-11,19H2,(H,20,22). The SMILES string of the molecule is NC1CCCC(C(=O)Nc2c(F)cccc2N2CCCC2)C1.